The molecule has 88 valence electrons. The highest BCUT2D eigenvalue weighted by atomic mass is 16.3. The number of aliphatic hydroxyl groups excluding tert-OH is 1. The molecule has 2 heteroatoms. The Morgan fingerprint density at radius 1 is 1.44 bits per heavy atom. The lowest BCUT2D eigenvalue weighted by Gasteiger charge is -2.17. The molecule has 2 nitrogen and oxygen atoms in total. The average molecular weight is 219 g/mol. The molecule has 1 aliphatic rings. The van der Waals surface area contributed by atoms with Crippen molar-refractivity contribution in [2.45, 2.75) is 38.1 Å². The van der Waals surface area contributed by atoms with E-state index in [0.717, 1.165) is 18.9 Å². The van der Waals surface area contributed by atoms with Crippen LogP contribution in [0.3, 0.4) is 0 Å². The van der Waals surface area contributed by atoms with E-state index in [1.54, 1.807) is 0 Å². The summed E-state index contributed by atoms with van der Waals surface area (Å²) >= 11 is 0. The Morgan fingerprint density at radius 2 is 2.25 bits per heavy atom. The molecule has 0 aliphatic heterocycles. The fraction of sp³-hybridized carbons (Fsp3) is 0.571. The molecule has 1 aromatic rings. The Morgan fingerprint density at radius 3 is 2.88 bits per heavy atom. The van der Waals surface area contributed by atoms with Crippen molar-refractivity contribution >= 4 is 0 Å². The second-order valence-electron chi connectivity index (χ2n) is 4.63. The lowest BCUT2D eigenvalue weighted by atomic mass is 10.0. The maximum atomic E-state index is 9.39. The molecule has 1 aromatic carbocycles. The topological polar surface area (TPSA) is 32.3 Å². The van der Waals surface area contributed by atoms with Gasteiger partial charge in [0.05, 0.1) is 12.6 Å². The van der Waals surface area contributed by atoms with Crippen molar-refractivity contribution in [1.82, 2.24) is 5.32 Å². The van der Waals surface area contributed by atoms with Crippen molar-refractivity contribution in [1.29, 1.82) is 0 Å². The van der Waals surface area contributed by atoms with Crippen LogP contribution in [-0.2, 0) is 0 Å². The van der Waals surface area contributed by atoms with E-state index in [2.05, 4.69) is 36.5 Å². The van der Waals surface area contributed by atoms with Crippen LogP contribution in [0.1, 0.15) is 49.3 Å². The van der Waals surface area contributed by atoms with E-state index in [-0.39, 0.29) is 12.6 Å². The highest BCUT2D eigenvalue weighted by Crippen LogP contribution is 2.40. The van der Waals surface area contributed by atoms with E-state index >= 15 is 0 Å². The SMILES string of the molecule is CCCNC(CO)c1cccc(C2CC2)c1. The van der Waals surface area contributed by atoms with Crippen molar-refractivity contribution in [2.75, 3.05) is 13.2 Å². The fourth-order valence-corrected chi connectivity index (χ4v) is 2.05. The zero-order chi connectivity index (χ0) is 11.4. The van der Waals surface area contributed by atoms with Crippen molar-refractivity contribution in [3.8, 4) is 0 Å². The number of aliphatic hydroxyl groups is 1. The summed E-state index contributed by atoms with van der Waals surface area (Å²) in [6, 6.07) is 8.77. The molecular formula is C14H21NO. The number of hydrogen-bond acceptors (Lipinski definition) is 2. The highest BCUT2D eigenvalue weighted by molar-refractivity contribution is 5.31. The summed E-state index contributed by atoms with van der Waals surface area (Å²) in [6.07, 6.45) is 3.75. The van der Waals surface area contributed by atoms with Crippen molar-refractivity contribution in [3.05, 3.63) is 35.4 Å². The van der Waals surface area contributed by atoms with Crippen molar-refractivity contribution < 1.29 is 5.11 Å². The summed E-state index contributed by atoms with van der Waals surface area (Å²) in [5.74, 6) is 0.783. The minimum atomic E-state index is 0.0960. The van der Waals surface area contributed by atoms with Gasteiger partial charge in [-0.2, -0.15) is 0 Å². The van der Waals surface area contributed by atoms with Crippen molar-refractivity contribution in [2.24, 2.45) is 0 Å². The molecule has 16 heavy (non-hydrogen) atoms. The Labute approximate surface area is 97.7 Å². The summed E-state index contributed by atoms with van der Waals surface area (Å²) in [7, 11) is 0. The molecule has 1 atom stereocenters. The third-order valence-electron chi connectivity index (χ3n) is 3.19. The van der Waals surface area contributed by atoms with Gasteiger partial charge in [0.15, 0.2) is 0 Å². The molecule has 0 spiro atoms. The third-order valence-corrected chi connectivity index (χ3v) is 3.19. The first-order chi connectivity index (χ1) is 7.85. The molecule has 2 rings (SSSR count). The molecule has 0 saturated heterocycles. The number of benzene rings is 1. The molecule has 1 unspecified atom stereocenters. The number of hydrogen-bond donors (Lipinski definition) is 2. The molecule has 0 aromatic heterocycles. The lowest BCUT2D eigenvalue weighted by molar-refractivity contribution is 0.245. The predicted octanol–water partition coefficient (Wildman–Crippen LogP) is 2.60. The fourth-order valence-electron chi connectivity index (χ4n) is 2.05. The molecule has 2 N–H and O–H groups in total. The molecule has 1 saturated carbocycles. The average Bonchev–Trinajstić information content (AvgIpc) is 3.14. The maximum absolute atomic E-state index is 9.39. The predicted molar refractivity (Wildman–Crippen MR) is 66.5 cm³/mol. The Kier molecular flexibility index (Phi) is 3.97. The van der Waals surface area contributed by atoms with Gasteiger partial charge in [-0.3, -0.25) is 0 Å². The smallest absolute Gasteiger partial charge is 0.0626 e. The van der Waals surface area contributed by atoms with E-state index in [0.29, 0.717) is 0 Å². The molecule has 0 amide bonds. The normalized spacial score (nSPS) is 17.4. The first-order valence-electron chi connectivity index (χ1n) is 6.29. The summed E-state index contributed by atoms with van der Waals surface area (Å²) in [4.78, 5) is 0. The maximum Gasteiger partial charge on any atom is 0.0626 e. The summed E-state index contributed by atoms with van der Waals surface area (Å²) in [6.45, 7) is 3.27. The van der Waals surface area contributed by atoms with E-state index in [4.69, 9.17) is 0 Å². The zero-order valence-electron chi connectivity index (χ0n) is 9.95. The van der Waals surface area contributed by atoms with Crippen LogP contribution in [-0.4, -0.2) is 18.3 Å². The Balaban J connectivity index is 2.07. The van der Waals surface area contributed by atoms with Crippen LogP contribution in [0.15, 0.2) is 24.3 Å². The second-order valence-corrected chi connectivity index (χ2v) is 4.63. The van der Waals surface area contributed by atoms with Crippen LogP contribution in [0, 0.1) is 0 Å². The summed E-state index contributed by atoms with van der Waals surface area (Å²) < 4.78 is 0. The van der Waals surface area contributed by atoms with Crippen LogP contribution in [0.2, 0.25) is 0 Å². The van der Waals surface area contributed by atoms with E-state index < -0.39 is 0 Å². The third kappa shape index (κ3) is 2.83. The van der Waals surface area contributed by atoms with Gasteiger partial charge in [-0.1, -0.05) is 31.2 Å². The van der Waals surface area contributed by atoms with Crippen LogP contribution in [0.4, 0.5) is 0 Å². The van der Waals surface area contributed by atoms with Gasteiger partial charge < -0.3 is 10.4 Å². The van der Waals surface area contributed by atoms with Gasteiger partial charge in [-0.15, -0.1) is 0 Å². The second kappa shape index (κ2) is 5.46. The largest absolute Gasteiger partial charge is 0.394 e. The number of nitrogens with one attached hydrogen (secondary N) is 1. The molecule has 0 heterocycles. The number of rotatable bonds is 6. The van der Waals surface area contributed by atoms with Gasteiger partial charge in [0.1, 0.15) is 0 Å². The standard InChI is InChI=1S/C14H21NO/c1-2-8-15-14(10-16)13-5-3-4-12(9-13)11-6-7-11/h3-5,9,11,14-16H,2,6-8,10H2,1H3. The van der Waals surface area contributed by atoms with Gasteiger partial charge >= 0.3 is 0 Å². The van der Waals surface area contributed by atoms with Crippen LogP contribution in [0.5, 0.6) is 0 Å². The minimum absolute atomic E-state index is 0.0960. The lowest BCUT2D eigenvalue weighted by Crippen LogP contribution is -2.25. The summed E-state index contributed by atoms with van der Waals surface area (Å²) in [5.41, 5.74) is 2.66. The molecule has 0 radical (unpaired) electrons. The zero-order valence-corrected chi connectivity index (χ0v) is 9.95. The highest BCUT2D eigenvalue weighted by Gasteiger charge is 2.24. The van der Waals surface area contributed by atoms with Gasteiger partial charge in [0.2, 0.25) is 0 Å². The van der Waals surface area contributed by atoms with E-state index in [1.165, 1.54) is 24.0 Å². The van der Waals surface area contributed by atoms with E-state index in [9.17, 15) is 5.11 Å². The monoisotopic (exact) mass is 219 g/mol. The van der Waals surface area contributed by atoms with Gasteiger partial charge in [0.25, 0.3) is 0 Å². The first-order valence-corrected chi connectivity index (χ1v) is 6.29. The molecular weight excluding hydrogens is 198 g/mol. The van der Waals surface area contributed by atoms with Gasteiger partial charge in [-0.05, 0) is 42.9 Å². The van der Waals surface area contributed by atoms with Crippen LogP contribution in [0.25, 0.3) is 0 Å². The quantitative estimate of drug-likeness (QED) is 0.771. The van der Waals surface area contributed by atoms with Crippen molar-refractivity contribution in [3.63, 3.8) is 0 Å². The van der Waals surface area contributed by atoms with Gasteiger partial charge in [0, 0.05) is 0 Å². The Bertz CT molecular complexity index is 333. The molecule has 1 aliphatic carbocycles. The van der Waals surface area contributed by atoms with Crippen LogP contribution < -0.4 is 5.32 Å². The van der Waals surface area contributed by atoms with E-state index in [1.807, 2.05) is 0 Å². The first kappa shape index (κ1) is 11.6. The van der Waals surface area contributed by atoms with Gasteiger partial charge in [-0.25, -0.2) is 0 Å². The molecule has 0 bridgehead atoms. The summed E-state index contributed by atoms with van der Waals surface area (Å²) in [5, 5.41) is 12.8. The minimum Gasteiger partial charge on any atom is -0.394 e. The Hall–Kier alpha value is -0.860. The van der Waals surface area contributed by atoms with Crippen LogP contribution >= 0.6 is 0 Å². The molecule has 1 fully saturated rings.